The molecule has 2 atom stereocenters. The second kappa shape index (κ2) is 11.0. The summed E-state index contributed by atoms with van der Waals surface area (Å²) in [6, 6.07) is 24.7. The van der Waals surface area contributed by atoms with Crippen LogP contribution in [-0.2, 0) is 24.4 Å². The normalized spacial score (nSPS) is 18.0. The van der Waals surface area contributed by atoms with Gasteiger partial charge >= 0.3 is 6.09 Å². The molecule has 0 aromatic heterocycles. The smallest absolute Gasteiger partial charge is 0.410 e. The van der Waals surface area contributed by atoms with Crippen molar-refractivity contribution in [2.24, 2.45) is 0 Å². The van der Waals surface area contributed by atoms with E-state index in [4.69, 9.17) is 27.9 Å². The Morgan fingerprint density at radius 2 is 1.61 bits per heavy atom. The van der Waals surface area contributed by atoms with E-state index in [-0.39, 0.29) is 19.2 Å². The minimum Gasteiger partial charge on any atom is -0.445 e. The fraction of sp³-hybridized carbons (Fsp3) is 0.269. The summed E-state index contributed by atoms with van der Waals surface area (Å²) in [4.78, 5) is 16.4. The lowest BCUT2D eigenvalue weighted by molar-refractivity contribution is 0.0728. The van der Waals surface area contributed by atoms with Crippen molar-refractivity contribution in [1.29, 1.82) is 0 Å². The Labute approximate surface area is 204 Å². The summed E-state index contributed by atoms with van der Waals surface area (Å²) in [7, 11) is 0. The summed E-state index contributed by atoms with van der Waals surface area (Å²) in [6.07, 6.45) is -1.14. The van der Waals surface area contributed by atoms with E-state index in [0.717, 1.165) is 16.7 Å². The highest BCUT2D eigenvalue weighted by Gasteiger charge is 2.38. The Bertz CT molecular complexity index is 1070. The molecule has 0 spiro atoms. The fourth-order valence-electron chi connectivity index (χ4n) is 4.08. The molecule has 0 bridgehead atoms. The highest BCUT2D eigenvalue weighted by atomic mass is 35.5. The molecule has 4 rings (SSSR count). The maximum absolute atomic E-state index is 12.7. The zero-order valence-corrected chi connectivity index (χ0v) is 19.6. The van der Waals surface area contributed by atoms with E-state index >= 15 is 0 Å². The van der Waals surface area contributed by atoms with Crippen molar-refractivity contribution in [2.75, 3.05) is 13.1 Å². The quantitative estimate of drug-likeness (QED) is 0.489. The van der Waals surface area contributed by atoms with Crippen molar-refractivity contribution < 1.29 is 14.6 Å². The van der Waals surface area contributed by atoms with Gasteiger partial charge in [0.05, 0.1) is 18.7 Å². The number of ether oxygens (including phenoxy) is 1. The number of hydrogen-bond acceptors (Lipinski definition) is 4. The van der Waals surface area contributed by atoms with Crippen LogP contribution in [0.3, 0.4) is 0 Å². The van der Waals surface area contributed by atoms with Crippen LogP contribution in [-0.4, -0.2) is 46.2 Å². The van der Waals surface area contributed by atoms with Crippen molar-refractivity contribution >= 4 is 29.3 Å². The van der Waals surface area contributed by atoms with E-state index in [1.54, 1.807) is 17.0 Å². The summed E-state index contributed by atoms with van der Waals surface area (Å²) < 4.78 is 5.48. The highest BCUT2D eigenvalue weighted by molar-refractivity contribution is 6.33. The molecule has 3 aromatic rings. The molecule has 0 aliphatic carbocycles. The van der Waals surface area contributed by atoms with Gasteiger partial charge in [-0.2, -0.15) is 0 Å². The molecule has 1 aliphatic heterocycles. The van der Waals surface area contributed by atoms with E-state index in [2.05, 4.69) is 4.90 Å². The van der Waals surface area contributed by atoms with Gasteiger partial charge in [0.2, 0.25) is 0 Å². The molecule has 1 saturated heterocycles. The Hall–Kier alpha value is -2.57. The Kier molecular flexibility index (Phi) is 7.89. The van der Waals surface area contributed by atoms with Crippen LogP contribution in [0.1, 0.15) is 16.7 Å². The lowest BCUT2D eigenvalue weighted by atomic mass is 10.1. The van der Waals surface area contributed by atoms with Gasteiger partial charge in [-0.3, -0.25) is 4.90 Å². The van der Waals surface area contributed by atoms with Gasteiger partial charge in [-0.05, 0) is 34.9 Å². The largest absolute Gasteiger partial charge is 0.445 e. The second-order valence-corrected chi connectivity index (χ2v) is 9.05. The molecule has 33 heavy (non-hydrogen) atoms. The minimum atomic E-state index is -0.712. The standard InChI is InChI=1S/C26H26Cl2N2O3/c27-22-11-12-23(28)21(13-22)15-29(14-19-7-3-1-4-8-19)24-16-30(17-25(24)31)26(32)33-18-20-9-5-2-6-10-20/h1-13,24-25,31H,14-18H2/t24-,25-/m1/s1. The molecule has 3 aromatic carbocycles. The molecule has 1 amide bonds. The predicted octanol–water partition coefficient (Wildman–Crippen LogP) is 5.38. The number of likely N-dealkylation sites (tertiary alicyclic amines) is 1. The van der Waals surface area contributed by atoms with Crippen LogP contribution in [0, 0.1) is 0 Å². The van der Waals surface area contributed by atoms with Crippen LogP contribution < -0.4 is 0 Å². The minimum absolute atomic E-state index is 0.197. The van der Waals surface area contributed by atoms with Gasteiger partial charge < -0.3 is 14.7 Å². The molecular weight excluding hydrogens is 459 g/mol. The third kappa shape index (κ3) is 6.27. The second-order valence-electron chi connectivity index (χ2n) is 8.21. The van der Waals surface area contributed by atoms with E-state index < -0.39 is 12.2 Å². The molecule has 1 fully saturated rings. The highest BCUT2D eigenvalue weighted by Crippen LogP contribution is 2.27. The average Bonchev–Trinajstić information content (AvgIpc) is 3.22. The van der Waals surface area contributed by atoms with Gasteiger partial charge in [0.15, 0.2) is 0 Å². The van der Waals surface area contributed by atoms with E-state index in [1.807, 2.05) is 66.7 Å². The Morgan fingerprint density at radius 3 is 2.30 bits per heavy atom. The molecule has 1 aliphatic rings. The van der Waals surface area contributed by atoms with Gasteiger partial charge in [-0.15, -0.1) is 0 Å². The number of hydrogen-bond donors (Lipinski definition) is 1. The van der Waals surface area contributed by atoms with Crippen LogP contribution in [0.4, 0.5) is 4.79 Å². The van der Waals surface area contributed by atoms with Gasteiger partial charge in [0.1, 0.15) is 6.61 Å². The first-order valence-electron chi connectivity index (χ1n) is 10.8. The zero-order valence-electron chi connectivity index (χ0n) is 18.1. The molecule has 172 valence electrons. The SMILES string of the molecule is O=C(OCc1ccccc1)N1C[C@@H](O)[C@H](N(Cc2ccccc2)Cc2cc(Cl)ccc2Cl)C1. The van der Waals surface area contributed by atoms with Crippen molar-refractivity contribution in [3.8, 4) is 0 Å². The first kappa shape index (κ1) is 23.6. The number of carbonyl (C=O) groups is 1. The lowest BCUT2D eigenvalue weighted by Gasteiger charge is -2.31. The van der Waals surface area contributed by atoms with Crippen molar-refractivity contribution in [3.63, 3.8) is 0 Å². The number of halogens is 2. The van der Waals surface area contributed by atoms with E-state index in [1.165, 1.54) is 0 Å². The van der Waals surface area contributed by atoms with E-state index in [0.29, 0.717) is 29.7 Å². The molecule has 0 unspecified atom stereocenters. The molecule has 0 saturated carbocycles. The van der Waals surface area contributed by atoms with Gasteiger partial charge in [0.25, 0.3) is 0 Å². The van der Waals surface area contributed by atoms with Gasteiger partial charge in [-0.1, -0.05) is 83.9 Å². The predicted molar refractivity (Wildman–Crippen MR) is 130 cm³/mol. The van der Waals surface area contributed by atoms with Crippen molar-refractivity contribution in [1.82, 2.24) is 9.80 Å². The van der Waals surface area contributed by atoms with Crippen molar-refractivity contribution in [3.05, 3.63) is 106 Å². The number of aliphatic hydroxyl groups excluding tert-OH is 1. The molecular formula is C26H26Cl2N2O3. The topological polar surface area (TPSA) is 53.0 Å². The lowest BCUT2D eigenvalue weighted by Crippen LogP contribution is -2.42. The summed E-state index contributed by atoms with van der Waals surface area (Å²) in [6.45, 7) is 1.86. The van der Waals surface area contributed by atoms with E-state index in [9.17, 15) is 9.90 Å². The summed E-state index contributed by atoms with van der Waals surface area (Å²) in [5.74, 6) is 0. The van der Waals surface area contributed by atoms with Crippen LogP contribution >= 0.6 is 23.2 Å². The number of aliphatic hydroxyl groups is 1. The van der Waals surface area contributed by atoms with Crippen LogP contribution in [0.25, 0.3) is 0 Å². The van der Waals surface area contributed by atoms with Crippen LogP contribution in [0.15, 0.2) is 78.9 Å². The first-order valence-corrected chi connectivity index (χ1v) is 11.6. The summed E-state index contributed by atoms with van der Waals surface area (Å²) in [5.41, 5.74) is 2.90. The molecule has 0 radical (unpaired) electrons. The van der Waals surface area contributed by atoms with Gasteiger partial charge in [0, 0.05) is 29.7 Å². The summed E-state index contributed by atoms with van der Waals surface area (Å²) in [5, 5.41) is 12.1. The summed E-state index contributed by atoms with van der Waals surface area (Å²) >= 11 is 12.6. The zero-order chi connectivity index (χ0) is 23.2. The van der Waals surface area contributed by atoms with Crippen LogP contribution in [0.2, 0.25) is 10.0 Å². The third-order valence-corrected chi connectivity index (χ3v) is 6.40. The van der Waals surface area contributed by atoms with Crippen LogP contribution in [0.5, 0.6) is 0 Å². The average molecular weight is 485 g/mol. The fourth-order valence-corrected chi connectivity index (χ4v) is 4.45. The number of nitrogens with zero attached hydrogens (tertiary/aromatic N) is 2. The maximum Gasteiger partial charge on any atom is 0.410 e. The maximum atomic E-state index is 12.7. The Balaban J connectivity index is 1.48. The molecule has 1 heterocycles. The molecule has 7 heteroatoms. The number of amides is 1. The molecule has 1 N–H and O–H groups in total. The number of β-amino-alcohol motifs (C(OH)–C–C–N with tert-alkyl or cyclic N) is 1. The first-order chi connectivity index (χ1) is 16.0. The molecule has 5 nitrogen and oxygen atoms in total. The monoisotopic (exact) mass is 484 g/mol. The number of benzene rings is 3. The number of rotatable bonds is 7. The third-order valence-electron chi connectivity index (χ3n) is 5.80. The van der Waals surface area contributed by atoms with Crippen molar-refractivity contribution in [2.45, 2.75) is 31.8 Å². The van der Waals surface area contributed by atoms with Gasteiger partial charge in [-0.25, -0.2) is 4.79 Å². The number of carbonyl (C=O) groups excluding carboxylic acids is 1. The Morgan fingerprint density at radius 1 is 0.939 bits per heavy atom.